The Morgan fingerprint density at radius 1 is 1.58 bits per heavy atom. The van der Waals surface area contributed by atoms with E-state index in [1.54, 1.807) is 7.11 Å². The number of hydrogen-bond donors (Lipinski definition) is 1. The number of hydrogen-bond acceptors (Lipinski definition) is 2. The van der Waals surface area contributed by atoms with E-state index in [0.717, 1.165) is 6.42 Å². The van der Waals surface area contributed by atoms with Crippen molar-refractivity contribution in [1.82, 2.24) is 0 Å². The van der Waals surface area contributed by atoms with Gasteiger partial charge in [-0.25, -0.2) is 0 Å². The Kier molecular flexibility index (Phi) is 2.42. The fourth-order valence-electron chi connectivity index (χ4n) is 2.02. The SMILES string of the molecule is COCCC1C(C(=O)O)C1(C)C. The highest BCUT2D eigenvalue weighted by Gasteiger charge is 2.61. The molecule has 0 saturated heterocycles. The summed E-state index contributed by atoms with van der Waals surface area (Å²) in [6.07, 6.45) is 0.862. The molecular weight excluding hydrogens is 156 g/mol. The molecule has 0 aromatic rings. The van der Waals surface area contributed by atoms with E-state index in [4.69, 9.17) is 9.84 Å². The van der Waals surface area contributed by atoms with Crippen LogP contribution in [0.1, 0.15) is 20.3 Å². The number of carboxylic acid groups (broad SMARTS) is 1. The summed E-state index contributed by atoms with van der Waals surface area (Å²) in [5.41, 5.74) is -0.0234. The highest BCUT2D eigenvalue weighted by Crippen LogP contribution is 2.59. The summed E-state index contributed by atoms with van der Waals surface area (Å²) in [6, 6.07) is 0. The van der Waals surface area contributed by atoms with Gasteiger partial charge < -0.3 is 9.84 Å². The highest BCUT2D eigenvalue weighted by atomic mass is 16.5. The fraction of sp³-hybridized carbons (Fsp3) is 0.889. The average Bonchev–Trinajstić information content (AvgIpc) is 2.49. The number of rotatable bonds is 4. The molecule has 0 amide bonds. The monoisotopic (exact) mass is 172 g/mol. The van der Waals surface area contributed by atoms with E-state index < -0.39 is 5.97 Å². The van der Waals surface area contributed by atoms with Gasteiger partial charge in [-0.05, 0) is 17.8 Å². The van der Waals surface area contributed by atoms with Crippen LogP contribution >= 0.6 is 0 Å². The molecule has 0 bridgehead atoms. The van der Waals surface area contributed by atoms with Crippen molar-refractivity contribution < 1.29 is 14.6 Å². The molecule has 0 aliphatic heterocycles. The van der Waals surface area contributed by atoms with Gasteiger partial charge in [-0.1, -0.05) is 13.8 Å². The van der Waals surface area contributed by atoms with E-state index in [-0.39, 0.29) is 11.3 Å². The third-order valence-corrected chi connectivity index (χ3v) is 2.95. The van der Waals surface area contributed by atoms with E-state index in [1.165, 1.54) is 0 Å². The molecule has 1 N–H and O–H groups in total. The molecule has 0 heterocycles. The molecule has 1 aliphatic rings. The van der Waals surface area contributed by atoms with Gasteiger partial charge in [0.05, 0.1) is 5.92 Å². The Bertz CT molecular complexity index is 186. The van der Waals surface area contributed by atoms with Gasteiger partial charge in [0.25, 0.3) is 0 Å². The topological polar surface area (TPSA) is 46.5 Å². The summed E-state index contributed by atoms with van der Waals surface area (Å²) < 4.78 is 4.92. The molecular formula is C9H16O3. The predicted octanol–water partition coefficient (Wildman–Crippen LogP) is 1.38. The summed E-state index contributed by atoms with van der Waals surface area (Å²) in [6.45, 7) is 4.68. The van der Waals surface area contributed by atoms with Crippen LogP contribution in [0.25, 0.3) is 0 Å². The van der Waals surface area contributed by atoms with Gasteiger partial charge in [0.2, 0.25) is 0 Å². The Morgan fingerprint density at radius 3 is 2.50 bits per heavy atom. The summed E-state index contributed by atoms with van der Waals surface area (Å²) in [4.78, 5) is 10.7. The zero-order valence-electron chi connectivity index (χ0n) is 7.83. The zero-order chi connectivity index (χ0) is 9.35. The van der Waals surface area contributed by atoms with Crippen molar-refractivity contribution in [3.8, 4) is 0 Å². The van der Waals surface area contributed by atoms with E-state index in [1.807, 2.05) is 13.8 Å². The first-order valence-electron chi connectivity index (χ1n) is 4.23. The van der Waals surface area contributed by atoms with E-state index in [9.17, 15) is 4.79 Å². The normalized spacial score (nSPS) is 31.6. The maximum Gasteiger partial charge on any atom is 0.307 e. The number of carbonyl (C=O) groups is 1. The minimum Gasteiger partial charge on any atom is -0.481 e. The van der Waals surface area contributed by atoms with Gasteiger partial charge in [-0.3, -0.25) is 4.79 Å². The second-order valence-electron chi connectivity index (χ2n) is 4.03. The molecule has 1 aliphatic carbocycles. The van der Waals surface area contributed by atoms with Gasteiger partial charge >= 0.3 is 5.97 Å². The lowest BCUT2D eigenvalue weighted by molar-refractivity contribution is -0.139. The van der Waals surface area contributed by atoms with E-state index in [0.29, 0.717) is 12.5 Å². The third-order valence-electron chi connectivity index (χ3n) is 2.95. The standard InChI is InChI=1S/C9H16O3/c1-9(2)6(4-5-12-3)7(9)8(10)11/h6-7H,4-5H2,1-3H3,(H,10,11). The Labute approximate surface area is 72.7 Å². The summed E-state index contributed by atoms with van der Waals surface area (Å²) in [7, 11) is 1.64. The number of carboxylic acids is 1. The highest BCUT2D eigenvalue weighted by molar-refractivity contribution is 5.75. The lowest BCUT2D eigenvalue weighted by Gasteiger charge is -2.00. The van der Waals surface area contributed by atoms with Crippen molar-refractivity contribution in [2.24, 2.45) is 17.3 Å². The summed E-state index contributed by atoms with van der Waals surface area (Å²) in [5, 5.41) is 8.82. The smallest absolute Gasteiger partial charge is 0.307 e. The molecule has 0 spiro atoms. The van der Waals surface area contributed by atoms with Crippen LogP contribution < -0.4 is 0 Å². The van der Waals surface area contributed by atoms with Gasteiger partial charge in [-0.2, -0.15) is 0 Å². The zero-order valence-corrected chi connectivity index (χ0v) is 7.83. The van der Waals surface area contributed by atoms with Crippen molar-refractivity contribution in [1.29, 1.82) is 0 Å². The second kappa shape index (κ2) is 3.05. The molecule has 1 fully saturated rings. The van der Waals surface area contributed by atoms with Crippen molar-refractivity contribution in [2.75, 3.05) is 13.7 Å². The largest absolute Gasteiger partial charge is 0.481 e. The van der Waals surface area contributed by atoms with Crippen LogP contribution in [0.2, 0.25) is 0 Å². The minimum absolute atomic E-state index is 0.0234. The second-order valence-corrected chi connectivity index (χ2v) is 4.03. The molecule has 1 saturated carbocycles. The average molecular weight is 172 g/mol. The van der Waals surface area contributed by atoms with E-state index >= 15 is 0 Å². The van der Waals surface area contributed by atoms with Crippen LogP contribution in [0.3, 0.4) is 0 Å². The molecule has 0 aromatic heterocycles. The third kappa shape index (κ3) is 1.46. The van der Waals surface area contributed by atoms with Gasteiger partial charge in [0.15, 0.2) is 0 Å². The van der Waals surface area contributed by atoms with Crippen molar-refractivity contribution in [2.45, 2.75) is 20.3 Å². The Morgan fingerprint density at radius 2 is 2.17 bits per heavy atom. The molecule has 0 radical (unpaired) electrons. The van der Waals surface area contributed by atoms with Crippen LogP contribution in [-0.4, -0.2) is 24.8 Å². The van der Waals surface area contributed by atoms with Gasteiger partial charge in [0, 0.05) is 13.7 Å². The molecule has 2 unspecified atom stereocenters. The molecule has 1 rings (SSSR count). The number of ether oxygens (including phenoxy) is 1. The number of aliphatic carboxylic acids is 1. The van der Waals surface area contributed by atoms with Crippen molar-refractivity contribution >= 4 is 5.97 Å². The molecule has 2 atom stereocenters. The lowest BCUT2D eigenvalue weighted by Crippen LogP contribution is -2.03. The molecule has 12 heavy (non-hydrogen) atoms. The van der Waals surface area contributed by atoms with Crippen molar-refractivity contribution in [3.05, 3.63) is 0 Å². The van der Waals surface area contributed by atoms with Gasteiger partial charge in [0.1, 0.15) is 0 Å². The van der Waals surface area contributed by atoms with Crippen LogP contribution in [0, 0.1) is 17.3 Å². The first-order chi connectivity index (χ1) is 5.51. The Hall–Kier alpha value is -0.570. The maximum absolute atomic E-state index is 10.7. The minimum atomic E-state index is -0.666. The van der Waals surface area contributed by atoms with Crippen LogP contribution in [0.5, 0.6) is 0 Å². The lowest BCUT2D eigenvalue weighted by atomic mass is 10.1. The molecule has 0 aromatic carbocycles. The maximum atomic E-state index is 10.7. The predicted molar refractivity (Wildman–Crippen MR) is 44.9 cm³/mol. The number of methoxy groups -OCH3 is 1. The first-order valence-corrected chi connectivity index (χ1v) is 4.23. The fourth-order valence-corrected chi connectivity index (χ4v) is 2.02. The summed E-state index contributed by atoms with van der Waals surface area (Å²) in [5.74, 6) is -0.524. The van der Waals surface area contributed by atoms with Crippen LogP contribution in [-0.2, 0) is 9.53 Å². The van der Waals surface area contributed by atoms with Gasteiger partial charge in [-0.15, -0.1) is 0 Å². The molecule has 3 nitrogen and oxygen atoms in total. The van der Waals surface area contributed by atoms with Crippen LogP contribution in [0.15, 0.2) is 0 Å². The summed E-state index contributed by atoms with van der Waals surface area (Å²) >= 11 is 0. The van der Waals surface area contributed by atoms with E-state index in [2.05, 4.69) is 0 Å². The molecule has 70 valence electrons. The van der Waals surface area contributed by atoms with Crippen molar-refractivity contribution in [3.63, 3.8) is 0 Å². The van der Waals surface area contributed by atoms with Crippen LogP contribution in [0.4, 0.5) is 0 Å². The first kappa shape index (κ1) is 9.52. The molecule has 3 heteroatoms. The Balaban J connectivity index is 2.43. The quantitative estimate of drug-likeness (QED) is 0.696.